The van der Waals surface area contributed by atoms with Crippen LogP contribution >= 0.6 is 0 Å². The molecule has 3 heteroatoms. The minimum Gasteiger partial charge on any atom is -0.268 e. The number of benzene rings is 3. The molecule has 110 valence electrons. The third kappa shape index (κ3) is 2.42. The number of rotatable bonds is 3. The SMILES string of the molecule is O=C(c1ccccc1)N(C(=O)c1ccccc1)c1cc2cc-2c1. The highest BCUT2D eigenvalue weighted by Crippen LogP contribution is 2.40. The third-order valence-corrected chi connectivity index (χ3v) is 3.87. The summed E-state index contributed by atoms with van der Waals surface area (Å²) in [6, 6.07) is 23.5. The van der Waals surface area contributed by atoms with Gasteiger partial charge in [0.25, 0.3) is 11.8 Å². The van der Waals surface area contributed by atoms with Crippen LogP contribution in [0, 0.1) is 0 Å². The van der Waals surface area contributed by atoms with Gasteiger partial charge in [-0.15, -0.1) is 0 Å². The van der Waals surface area contributed by atoms with Gasteiger partial charge in [-0.25, -0.2) is 4.90 Å². The van der Waals surface area contributed by atoms with Crippen molar-refractivity contribution in [3.63, 3.8) is 0 Å². The summed E-state index contributed by atoms with van der Waals surface area (Å²) < 4.78 is 0. The molecule has 0 radical (unpaired) electrons. The number of carbonyl (C=O) groups excluding carboxylic acids is 2. The first-order chi connectivity index (χ1) is 11.2. The summed E-state index contributed by atoms with van der Waals surface area (Å²) in [6.45, 7) is 0. The lowest BCUT2D eigenvalue weighted by Crippen LogP contribution is -2.36. The summed E-state index contributed by atoms with van der Waals surface area (Å²) in [5, 5.41) is 0. The fourth-order valence-electron chi connectivity index (χ4n) is 2.62. The van der Waals surface area contributed by atoms with Crippen molar-refractivity contribution >= 4 is 17.5 Å². The van der Waals surface area contributed by atoms with Crippen molar-refractivity contribution in [1.82, 2.24) is 0 Å². The van der Waals surface area contributed by atoms with Gasteiger partial charge in [-0.3, -0.25) is 9.59 Å². The highest BCUT2D eigenvalue weighted by atomic mass is 16.2. The number of anilines is 1. The minimum atomic E-state index is -0.315. The Morgan fingerprint density at radius 2 is 1.04 bits per heavy atom. The second kappa shape index (κ2) is 5.21. The predicted molar refractivity (Wildman–Crippen MR) is 89.5 cm³/mol. The Balaban J connectivity index is 1.76. The molecule has 2 aromatic rings. The van der Waals surface area contributed by atoms with Gasteiger partial charge in [-0.05, 0) is 53.6 Å². The Morgan fingerprint density at radius 1 is 0.609 bits per heavy atom. The summed E-state index contributed by atoms with van der Waals surface area (Å²) in [5.41, 5.74) is 3.79. The van der Waals surface area contributed by atoms with Crippen molar-refractivity contribution in [1.29, 1.82) is 0 Å². The normalized spacial score (nSPS) is 11.0. The lowest BCUT2D eigenvalue weighted by atomic mass is 10.1. The summed E-state index contributed by atoms with van der Waals surface area (Å²) in [4.78, 5) is 27.0. The minimum absolute atomic E-state index is 0.315. The van der Waals surface area contributed by atoms with E-state index in [2.05, 4.69) is 0 Å². The highest BCUT2D eigenvalue weighted by molar-refractivity contribution is 6.26. The van der Waals surface area contributed by atoms with Crippen LogP contribution in [0.3, 0.4) is 0 Å². The number of carbonyl (C=O) groups is 2. The molecule has 0 saturated carbocycles. The Kier molecular flexibility index (Phi) is 3.05. The summed E-state index contributed by atoms with van der Waals surface area (Å²) >= 11 is 0. The average molecular weight is 299 g/mol. The maximum absolute atomic E-state index is 12.9. The van der Waals surface area contributed by atoms with E-state index in [-0.39, 0.29) is 11.8 Å². The van der Waals surface area contributed by atoms with E-state index in [1.807, 2.05) is 30.3 Å². The van der Waals surface area contributed by atoms with Gasteiger partial charge in [-0.1, -0.05) is 36.4 Å². The van der Waals surface area contributed by atoms with Gasteiger partial charge >= 0.3 is 0 Å². The van der Waals surface area contributed by atoms with Gasteiger partial charge < -0.3 is 0 Å². The quantitative estimate of drug-likeness (QED) is 0.533. The van der Waals surface area contributed by atoms with E-state index < -0.39 is 0 Å². The van der Waals surface area contributed by atoms with Gasteiger partial charge in [-0.2, -0.15) is 0 Å². The summed E-state index contributed by atoms with van der Waals surface area (Å²) in [5.74, 6) is -0.631. The molecule has 0 spiro atoms. The van der Waals surface area contributed by atoms with E-state index in [0.717, 1.165) is 11.1 Å². The van der Waals surface area contributed by atoms with E-state index in [0.29, 0.717) is 16.8 Å². The average Bonchev–Trinajstić information content (AvgIpc) is 3.22. The zero-order valence-corrected chi connectivity index (χ0v) is 12.3. The molecule has 0 bridgehead atoms. The second-order valence-electron chi connectivity index (χ2n) is 5.45. The van der Waals surface area contributed by atoms with Crippen molar-refractivity contribution in [3.8, 4) is 11.1 Å². The predicted octanol–water partition coefficient (Wildman–Crippen LogP) is 4.15. The van der Waals surface area contributed by atoms with Crippen LogP contribution in [0.2, 0.25) is 0 Å². The van der Waals surface area contributed by atoms with Crippen molar-refractivity contribution in [3.05, 3.63) is 90.0 Å². The molecular weight excluding hydrogens is 286 g/mol. The molecule has 0 heterocycles. The fourth-order valence-corrected chi connectivity index (χ4v) is 2.62. The van der Waals surface area contributed by atoms with Crippen LogP contribution in [0.15, 0.2) is 78.9 Å². The van der Waals surface area contributed by atoms with Gasteiger partial charge in [0.15, 0.2) is 0 Å². The van der Waals surface area contributed by atoms with Gasteiger partial charge in [0, 0.05) is 11.1 Å². The van der Waals surface area contributed by atoms with Crippen LogP contribution in [-0.2, 0) is 0 Å². The molecule has 2 aromatic carbocycles. The molecule has 0 atom stereocenters. The molecule has 2 aliphatic rings. The molecule has 0 aliphatic heterocycles. The van der Waals surface area contributed by atoms with Crippen molar-refractivity contribution in [2.24, 2.45) is 0 Å². The van der Waals surface area contributed by atoms with E-state index in [9.17, 15) is 9.59 Å². The molecule has 23 heavy (non-hydrogen) atoms. The van der Waals surface area contributed by atoms with Gasteiger partial charge in [0.2, 0.25) is 0 Å². The van der Waals surface area contributed by atoms with E-state index in [4.69, 9.17) is 0 Å². The number of imide groups is 1. The number of nitrogens with zero attached hydrogens (tertiary/aromatic N) is 1. The molecule has 0 N–H and O–H groups in total. The lowest BCUT2D eigenvalue weighted by Gasteiger charge is -2.20. The first kappa shape index (κ1) is 13.5. The number of hydrogen-bond acceptors (Lipinski definition) is 2. The van der Waals surface area contributed by atoms with E-state index >= 15 is 0 Å². The highest BCUT2D eigenvalue weighted by Gasteiger charge is 2.29. The Labute approximate surface area is 133 Å². The number of hydrogen-bond donors (Lipinski definition) is 0. The van der Waals surface area contributed by atoms with Crippen LogP contribution < -0.4 is 4.90 Å². The maximum Gasteiger partial charge on any atom is 0.265 e. The van der Waals surface area contributed by atoms with Crippen molar-refractivity contribution in [2.75, 3.05) is 4.90 Å². The zero-order valence-electron chi connectivity index (χ0n) is 12.3. The molecule has 3 nitrogen and oxygen atoms in total. The van der Waals surface area contributed by atoms with Crippen molar-refractivity contribution in [2.45, 2.75) is 0 Å². The molecular formula is C20H13NO2. The van der Waals surface area contributed by atoms with E-state index in [1.165, 1.54) is 4.90 Å². The Hall–Kier alpha value is -3.20. The Morgan fingerprint density at radius 3 is 1.48 bits per heavy atom. The first-order valence-electron chi connectivity index (χ1n) is 7.38. The number of amides is 2. The van der Waals surface area contributed by atoms with Gasteiger partial charge in [0.05, 0.1) is 5.69 Å². The standard InChI is InChI=1S/C20H13NO2/c22-19(14-7-3-1-4-8-14)21(18-12-16-11-17(16)13-18)20(23)15-9-5-2-6-10-15/h1-13H. The van der Waals surface area contributed by atoms with Crippen molar-refractivity contribution < 1.29 is 9.59 Å². The molecule has 4 rings (SSSR count). The topological polar surface area (TPSA) is 37.4 Å². The van der Waals surface area contributed by atoms with E-state index in [1.54, 1.807) is 48.5 Å². The molecule has 2 aliphatic carbocycles. The molecule has 0 saturated heterocycles. The molecule has 0 unspecified atom stereocenters. The van der Waals surface area contributed by atoms with Gasteiger partial charge in [0.1, 0.15) is 0 Å². The van der Waals surface area contributed by atoms with Crippen LogP contribution in [0.5, 0.6) is 0 Å². The first-order valence-corrected chi connectivity index (χ1v) is 7.38. The van der Waals surface area contributed by atoms with Crippen LogP contribution in [0.4, 0.5) is 5.69 Å². The lowest BCUT2D eigenvalue weighted by molar-refractivity contribution is 0.0898. The zero-order chi connectivity index (χ0) is 15.8. The Bertz CT molecular complexity index is 830. The number of fused-ring (bicyclic) bond motifs is 1. The summed E-state index contributed by atoms with van der Waals surface area (Å²) in [6.07, 6.45) is 0. The largest absolute Gasteiger partial charge is 0.268 e. The molecule has 0 fully saturated rings. The van der Waals surface area contributed by atoms with Crippen LogP contribution in [0.1, 0.15) is 20.7 Å². The van der Waals surface area contributed by atoms with Crippen LogP contribution in [-0.4, -0.2) is 11.8 Å². The smallest absolute Gasteiger partial charge is 0.265 e. The fraction of sp³-hybridized carbons (Fsp3) is 0. The second-order valence-corrected chi connectivity index (χ2v) is 5.45. The monoisotopic (exact) mass is 299 g/mol. The van der Waals surface area contributed by atoms with Crippen LogP contribution in [0.25, 0.3) is 11.1 Å². The molecule has 0 aromatic heterocycles. The summed E-state index contributed by atoms with van der Waals surface area (Å²) in [7, 11) is 0. The third-order valence-electron chi connectivity index (χ3n) is 3.87. The molecule has 2 amide bonds. The maximum atomic E-state index is 12.9.